The number of nitrogens with two attached hydrogens (primary N) is 1. The van der Waals surface area contributed by atoms with Crippen LogP contribution >= 0.6 is 0 Å². The van der Waals surface area contributed by atoms with Crippen molar-refractivity contribution >= 4 is 27.6 Å². The van der Waals surface area contributed by atoms with E-state index in [1.807, 2.05) is 54.6 Å². The Bertz CT molecular complexity index is 1010. The molecule has 0 saturated heterocycles. The normalized spacial score (nSPS) is 11.2. The zero-order chi connectivity index (χ0) is 14.4. The summed E-state index contributed by atoms with van der Waals surface area (Å²) < 4.78 is 1.67. The van der Waals surface area contributed by atoms with Crippen LogP contribution in [0.5, 0.6) is 0 Å². The fraction of sp³-hybridized carbons (Fsp3) is 0. The lowest BCUT2D eigenvalue weighted by Crippen LogP contribution is -2.19. The Morgan fingerprint density at radius 2 is 1.71 bits per heavy atom. The molecule has 0 radical (unpaired) electrons. The highest BCUT2D eigenvalue weighted by Gasteiger charge is 2.15. The quantitative estimate of drug-likeness (QED) is 0.560. The number of pyridine rings is 1. The Morgan fingerprint density at radius 1 is 1.00 bits per heavy atom. The summed E-state index contributed by atoms with van der Waals surface area (Å²) in [6, 6.07) is 17.2. The molecule has 0 aliphatic carbocycles. The number of nitrogen functional groups attached to an aromatic ring is 1. The maximum atomic E-state index is 12.8. The van der Waals surface area contributed by atoms with Gasteiger partial charge in [-0.05, 0) is 18.2 Å². The average molecular weight is 276 g/mol. The van der Waals surface area contributed by atoms with Crippen LogP contribution in [0.2, 0.25) is 0 Å². The number of aromatic amines is 1. The summed E-state index contributed by atoms with van der Waals surface area (Å²) in [4.78, 5) is 12.8. The topological polar surface area (TPSA) is 76.7 Å². The molecule has 0 saturated carbocycles. The summed E-state index contributed by atoms with van der Waals surface area (Å²) in [5, 5.41) is 8.19. The van der Waals surface area contributed by atoms with Crippen molar-refractivity contribution in [1.29, 1.82) is 0 Å². The van der Waals surface area contributed by atoms with Crippen molar-refractivity contribution in [2.45, 2.75) is 0 Å². The average Bonchev–Trinajstić information content (AvgIpc) is 2.91. The number of anilines is 1. The predicted molar refractivity (Wildman–Crippen MR) is 83.6 cm³/mol. The third-order valence-corrected chi connectivity index (χ3v) is 3.64. The lowest BCUT2D eigenvalue weighted by atomic mass is 10.1. The second-order valence-electron chi connectivity index (χ2n) is 4.85. The second-order valence-corrected chi connectivity index (χ2v) is 4.85. The molecule has 0 spiro atoms. The highest BCUT2D eigenvalue weighted by atomic mass is 16.1. The van der Waals surface area contributed by atoms with E-state index in [9.17, 15) is 4.79 Å². The molecule has 0 unspecified atom stereocenters. The number of rotatable bonds is 1. The van der Waals surface area contributed by atoms with Crippen LogP contribution < -0.4 is 11.3 Å². The van der Waals surface area contributed by atoms with E-state index < -0.39 is 0 Å². The summed E-state index contributed by atoms with van der Waals surface area (Å²) in [6.45, 7) is 0. The third kappa shape index (κ3) is 1.57. The monoisotopic (exact) mass is 276 g/mol. The van der Waals surface area contributed by atoms with Crippen LogP contribution in [0.3, 0.4) is 0 Å². The highest BCUT2D eigenvalue weighted by Crippen LogP contribution is 2.25. The minimum Gasteiger partial charge on any atom is -0.382 e. The van der Waals surface area contributed by atoms with E-state index in [0.717, 1.165) is 16.6 Å². The molecule has 21 heavy (non-hydrogen) atoms. The molecule has 0 aliphatic rings. The van der Waals surface area contributed by atoms with Crippen molar-refractivity contribution in [3.05, 3.63) is 65.0 Å². The first-order valence-corrected chi connectivity index (χ1v) is 6.60. The van der Waals surface area contributed by atoms with Crippen LogP contribution in [0.1, 0.15) is 0 Å². The van der Waals surface area contributed by atoms with Gasteiger partial charge in [0, 0.05) is 11.1 Å². The maximum Gasteiger partial charge on any atom is 0.268 e. The predicted octanol–water partition coefficient (Wildman–Crippen LogP) is 2.45. The second kappa shape index (κ2) is 4.21. The van der Waals surface area contributed by atoms with E-state index in [1.54, 1.807) is 4.57 Å². The number of hydrogen-bond donors (Lipinski definition) is 2. The number of benzene rings is 2. The zero-order valence-corrected chi connectivity index (χ0v) is 11.1. The van der Waals surface area contributed by atoms with Crippen molar-refractivity contribution in [3.8, 4) is 5.69 Å². The smallest absolute Gasteiger partial charge is 0.268 e. The van der Waals surface area contributed by atoms with Crippen LogP contribution in [0.4, 0.5) is 5.82 Å². The van der Waals surface area contributed by atoms with Crippen LogP contribution in [0, 0.1) is 0 Å². The SMILES string of the molecule is Nc1n[nH]c2c1c(=O)n(-c1ccccc1)c1ccccc21. The molecule has 0 amide bonds. The number of nitrogens with one attached hydrogen (secondary N) is 1. The number of nitrogens with zero attached hydrogens (tertiary/aromatic N) is 2. The van der Waals surface area contributed by atoms with Gasteiger partial charge in [-0.1, -0.05) is 36.4 Å². The molecule has 102 valence electrons. The van der Waals surface area contributed by atoms with E-state index in [2.05, 4.69) is 10.2 Å². The Balaban J connectivity index is 2.30. The number of hydrogen-bond acceptors (Lipinski definition) is 3. The summed E-state index contributed by atoms with van der Waals surface area (Å²) >= 11 is 0. The molecule has 0 bridgehead atoms. The van der Waals surface area contributed by atoms with Crippen molar-refractivity contribution < 1.29 is 0 Å². The van der Waals surface area contributed by atoms with Crippen LogP contribution in [-0.2, 0) is 0 Å². The number of H-pyrrole nitrogens is 1. The summed E-state index contributed by atoms with van der Waals surface area (Å²) in [5.41, 5.74) is 8.01. The van der Waals surface area contributed by atoms with Gasteiger partial charge in [-0.25, -0.2) is 0 Å². The maximum absolute atomic E-state index is 12.8. The minimum absolute atomic E-state index is 0.166. The van der Waals surface area contributed by atoms with Gasteiger partial charge in [0.1, 0.15) is 5.39 Å². The molecule has 4 rings (SSSR count). The number of aromatic nitrogens is 3. The van der Waals surface area contributed by atoms with Crippen LogP contribution in [-0.4, -0.2) is 14.8 Å². The van der Waals surface area contributed by atoms with Gasteiger partial charge in [0.2, 0.25) is 0 Å². The van der Waals surface area contributed by atoms with Gasteiger partial charge in [-0.3, -0.25) is 14.5 Å². The molecular formula is C16H12N4O. The lowest BCUT2D eigenvalue weighted by molar-refractivity contribution is 1.06. The van der Waals surface area contributed by atoms with Gasteiger partial charge in [0.15, 0.2) is 5.82 Å². The molecule has 2 aromatic carbocycles. The standard InChI is InChI=1S/C16H12N4O/c17-15-13-14(18-19-15)11-8-4-5-9-12(11)20(16(13)21)10-6-2-1-3-7-10/h1-9H,(H3,17,18,19). The van der Waals surface area contributed by atoms with E-state index >= 15 is 0 Å². The first-order valence-electron chi connectivity index (χ1n) is 6.60. The van der Waals surface area contributed by atoms with Crippen molar-refractivity contribution in [2.24, 2.45) is 0 Å². The highest BCUT2D eigenvalue weighted by molar-refractivity contribution is 6.07. The van der Waals surface area contributed by atoms with Crippen LogP contribution in [0.25, 0.3) is 27.5 Å². The van der Waals surface area contributed by atoms with Gasteiger partial charge in [-0.2, -0.15) is 5.10 Å². The molecule has 2 heterocycles. The molecule has 4 aromatic rings. The minimum atomic E-state index is -0.166. The van der Waals surface area contributed by atoms with Crippen LogP contribution in [0.15, 0.2) is 59.4 Å². The molecule has 0 fully saturated rings. The molecule has 2 aromatic heterocycles. The Hall–Kier alpha value is -3.08. The fourth-order valence-electron chi connectivity index (χ4n) is 2.70. The van der Waals surface area contributed by atoms with Crippen molar-refractivity contribution in [1.82, 2.24) is 14.8 Å². The van der Waals surface area contributed by atoms with E-state index in [1.165, 1.54) is 0 Å². The molecule has 3 N–H and O–H groups in total. The number of fused-ring (bicyclic) bond motifs is 3. The van der Waals surface area contributed by atoms with Gasteiger partial charge >= 0.3 is 0 Å². The summed E-state index contributed by atoms with van der Waals surface area (Å²) in [6.07, 6.45) is 0. The summed E-state index contributed by atoms with van der Waals surface area (Å²) in [5.74, 6) is 0.227. The van der Waals surface area contributed by atoms with Crippen molar-refractivity contribution in [3.63, 3.8) is 0 Å². The molecule has 5 nitrogen and oxygen atoms in total. The Labute approximate surface area is 119 Å². The van der Waals surface area contributed by atoms with Gasteiger partial charge in [0.25, 0.3) is 5.56 Å². The van der Waals surface area contributed by atoms with E-state index in [0.29, 0.717) is 10.9 Å². The van der Waals surface area contributed by atoms with E-state index in [4.69, 9.17) is 5.73 Å². The Kier molecular flexibility index (Phi) is 2.35. The van der Waals surface area contributed by atoms with E-state index in [-0.39, 0.29) is 11.4 Å². The zero-order valence-electron chi connectivity index (χ0n) is 11.1. The molecule has 0 atom stereocenters. The summed E-state index contributed by atoms with van der Waals surface area (Å²) in [7, 11) is 0. The third-order valence-electron chi connectivity index (χ3n) is 3.64. The molecular weight excluding hydrogens is 264 g/mol. The fourth-order valence-corrected chi connectivity index (χ4v) is 2.70. The number of para-hydroxylation sites is 2. The first-order chi connectivity index (χ1) is 10.3. The largest absolute Gasteiger partial charge is 0.382 e. The lowest BCUT2D eigenvalue weighted by Gasteiger charge is -2.11. The van der Waals surface area contributed by atoms with Gasteiger partial charge in [0.05, 0.1) is 11.0 Å². The first kappa shape index (κ1) is 11.7. The van der Waals surface area contributed by atoms with Crippen molar-refractivity contribution in [2.75, 3.05) is 5.73 Å². The Morgan fingerprint density at radius 3 is 2.52 bits per heavy atom. The molecule has 5 heteroatoms. The van der Waals surface area contributed by atoms with Gasteiger partial charge in [-0.15, -0.1) is 0 Å². The molecule has 0 aliphatic heterocycles. The van der Waals surface area contributed by atoms with Gasteiger partial charge < -0.3 is 5.73 Å².